The molecule has 0 aliphatic carbocycles. The highest BCUT2D eigenvalue weighted by atomic mass is 35.5. The van der Waals surface area contributed by atoms with Gasteiger partial charge in [0.2, 0.25) is 0 Å². The number of amides is 1. The molecule has 1 amide bonds. The third kappa shape index (κ3) is 5.64. The summed E-state index contributed by atoms with van der Waals surface area (Å²) in [5.41, 5.74) is 3.32. The van der Waals surface area contributed by atoms with Crippen molar-refractivity contribution >= 4 is 34.2 Å². The summed E-state index contributed by atoms with van der Waals surface area (Å²) in [6, 6.07) is 10.9. The van der Waals surface area contributed by atoms with Crippen molar-refractivity contribution < 1.29 is 19.1 Å². The van der Waals surface area contributed by atoms with Crippen molar-refractivity contribution in [2.75, 3.05) is 32.9 Å². The van der Waals surface area contributed by atoms with Crippen LogP contribution in [0.25, 0.3) is 10.9 Å². The van der Waals surface area contributed by atoms with Gasteiger partial charge in [0.25, 0.3) is 5.91 Å². The van der Waals surface area contributed by atoms with Crippen LogP contribution >= 0.6 is 11.6 Å². The normalized spacial score (nSPS) is 19.1. The smallest absolute Gasteiger partial charge is 0.253 e. The average molecular weight is 510 g/mol. The highest BCUT2D eigenvalue weighted by Gasteiger charge is 2.25. The predicted octanol–water partition coefficient (Wildman–Crippen LogP) is 4.93. The lowest BCUT2D eigenvalue weighted by Gasteiger charge is -2.32. The molecule has 2 fully saturated rings. The van der Waals surface area contributed by atoms with E-state index in [1.165, 1.54) is 0 Å². The van der Waals surface area contributed by atoms with Crippen LogP contribution in [0.5, 0.6) is 0 Å². The third-order valence-corrected chi connectivity index (χ3v) is 7.58. The number of fused-ring (bicyclic) bond motifs is 1. The second-order valence-corrected chi connectivity index (χ2v) is 10.2. The standard InChI is InChI=1S/C28H32ClN3O4/c1-19-24(27(33)9-6-23-18-35-14-15-36-23)7-8-26-25(19)17-32(30-26)16-20-10-12-31(13-11-20)28(34)21-2-4-22(29)5-3-21/h2-5,7-8,17,20,23H,6,9-16,18H2,1H3/t23-/m0/s1. The number of piperidine rings is 1. The molecule has 0 bridgehead atoms. The summed E-state index contributed by atoms with van der Waals surface area (Å²) in [4.78, 5) is 27.6. The maximum Gasteiger partial charge on any atom is 0.253 e. The molecule has 3 heterocycles. The zero-order valence-corrected chi connectivity index (χ0v) is 21.4. The molecule has 5 rings (SSSR count). The molecule has 8 heteroatoms. The minimum Gasteiger partial charge on any atom is -0.376 e. The monoisotopic (exact) mass is 509 g/mol. The molecular weight excluding hydrogens is 478 g/mol. The van der Waals surface area contributed by atoms with Gasteiger partial charge in [0.05, 0.1) is 31.4 Å². The Morgan fingerprint density at radius 2 is 1.86 bits per heavy atom. The molecule has 1 aromatic heterocycles. The number of nitrogens with zero attached hydrogens (tertiary/aromatic N) is 3. The number of hydrogen-bond acceptors (Lipinski definition) is 5. The van der Waals surface area contributed by atoms with Crippen molar-refractivity contribution in [1.29, 1.82) is 0 Å². The van der Waals surface area contributed by atoms with E-state index in [0.29, 0.717) is 49.2 Å². The van der Waals surface area contributed by atoms with Gasteiger partial charge < -0.3 is 14.4 Å². The number of rotatable bonds is 7. The van der Waals surface area contributed by atoms with Gasteiger partial charge in [-0.2, -0.15) is 5.10 Å². The maximum atomic E-state index is 12.9. The SMILES string of the molecule is Cc1c(C(=O)CC[C@H]2COCCO2)ccc2nn(CC3CCN(C(=O)c4ccc(Cl)cc4)CC3)cc12. The summed E-state index contributed by atoms with van der Waals surface area (Å²) in [6.45, 7) is 6.07. The molecule has 0 N–H and O–H groups in total. The first kappa shape index (κ1) is 24.9. The lowest BCUT2D eigenvalue weighted by molar-refractivity contribution is -0.0902. The van der Waals surface area contributed by atoms with Crippen molar-refractivity contribution in [2.24, 2.45) is 5.92 Å². The highest BCUT2D eigenvalue weighted by molar-refractivity contribution is 6.30. The minimum absolute atomic E-state index is 0.00221. The fourth-order valence-electron chi connectivity index (χ4n) is 5.16. The Kier molecular flexibility index (Phi) is 7.70. The molecule has 2 aliphatic heterocycles. The first-order chi connectivity index (χ1) is 17.5. The van der Waals surface area contributed by atoms with Gasteiger partial charge >= 0.3 is 0 Å². The van der Waals surface area contributed by atoms with Crippen LogP contribution in [0.3, 0.4) is 0 Å². The van der Waals surface area contributed by atoms with E-state index in [2.05, 4.69) is 6.20 Å². The molecule has 190 valence electrons. The van der Waals surface area contributed by atoms with E-state index < -0.39 is 0 Å². The molecular formula is C28H32ClN3O4. The van der Waals surface area contributed by atoms with E-state index in [9.17, 15) is 9.59 Å². The zero-order chi connectivity index (χ0) is 25.1. The van der Waals surface area contributed by atoms with E-state index in [1.807, 2.05) is 28.6 Å². The van der Waals surface area contributed by atoms with Gasteiger partial charge in [0, 0.05) is 53.8 Å². The number of carbonyl (C=O) groups is 2. The summed E-state index contributed by atoms with van der Waals surface area (Å²) in [6.07, 6.45) is 5.06. The van der Waals surface area contributed by atoms with Gasteiger partial charge in [-0.25, -0.2) is 0 Å². The number of aromatic nitrogens is 2. The van der Waals surface area contributed by atoms with Crippen LogP contribution in [-0.4, -0.2) is 65.4 Å². The molecule has 0 saturated carbocycles. The number of benzene rings is 2. The Bertz CT molecular complexity index is 1230. The van der Waals surface area contributed by atoms with E-state index >= 15 is 0 Å². The Hall–Kier alpha value is -2.74. The van der Waals surface area contributed by atoms with E-state index in [0.717, 1.165) is 54.5 Å². The molecule has 0 unspecified atom stereocenters. The van der Waals surface area contributed by atoms with E-state index in [1.54, 1.807) is 24.3 Å². The van der Waals surface area contributed by atoms with Crippen molar-refractivity contribution in [1.82, 2.24) is 14.7 Å². The van der Waals surface area contributed by atoms with Crippen LogP contribution < -0.4 is 0 Å². The number of Topliss-reactive ketones (excluding diaryl/α,β-unsaturated/α-hetero) is 1. The number of ether oxygens (including phenoxy) is 2. The molecule has 0 radical (unpaired) electrons. The Labute approximate surface area is 216 Å². The predicted molar refractivity (Wildman–Crippen MR) is 139 cm³/mol. The number of hydrogen-bond donors (Lipinski definition) is 0. The Balaban J connectivity index is 1.18. The highest BCUT2D eigenvalue weighted by Crippen LogP contribution is 2.26. The molecule has 3 aromatic rings. The molecule has 7 nitrogen and oxygen atoms in total. The van der Waals surface area contributed by atoms with Crippen molar-refractivity contribution in [3.8, 4) is 0 Å². The minimum atomic E-state index is 0.00221. The molecule has 2 saturated heterocycles. The lowest BCUT2D eigenvalue weighted by atomic mass is 9.96. The quantitative estimate of drug-likeness (QED) is 0.422. The van der Waals surface area contributed by atoms with Crippen LogP contribution in [0.15, 0.2) is 42.6 Å². The maximum absolute atomic E-state index is 12.9. The molecule has 36 heavy (non-hydrogen) atoms. The largest absolute Gasteiger partial charge is 0.376 e. The number of halogens is 1. The van der Waals surface area contributed by atoms with E-state index in [-0.39, 0.29) is 17.8 Å². The van der Waals surface area contributed by atoms with Crippen molar-refractivity contribution in [2.45, 2.75) is 45.3 Å². The first-order valence-electron chi connectivity index (χ1n) is 12.7. The van der Waals surface area contributed by atoms with Gasteiger partial charge in [-0.3, -0.25) is 14.3 Å². The number of ketones is 1. The van der Waals surface area contributed by atoms with Crippen molar-refractivity contribution in [3.63, 3.8) is 0 Å². The molecule has 1 atom stereocenters. The van der Waals surface area contributed by atoms with Gasteiger partial charge in [-0.1, -0.05) is 11.6 Å². The fourth-order valence-corrected chi connectivity index (χ4v) is 5.29. The fraction of sp³-hybridized carbons (Fsp3) is 0.464. The van der Waals surface area contributed by atoms with Crippen LogP contribution in [0.2, 0.25) is 5.02 Å². The number of aryl methyl sites for hydroxylation is 1. The summed E-state index contributed by atoms with van der Waals surface area (Å²) in [7, 11) is 0. The van der Waals surface area contributed by atoms with Gasteiger partial charge in [-0.05, 0) is 74.1 Å². The summed E-state index contributed by atoms with van der Waals surface area (Å²) < 4.78 is 13.1. The number of likely N-dealkylation sites (tertiary alicyclic amines) is 1. The summed E-state index contributed by atoms with van der Waals surface area (Å²) >= 11 is 5.95. The topological polar surface area (TPSA) is 73.7 Å². The molecule has 2 aromatic carbocycles. The van der Waals surface area contributed by atoms with Gasteiger partial charge in [0.15, 0.2) is 5.78 Å². The van der Waals surface area contributed by atoms with Crippen LogP contribution in [0, 0.1) is 12.8 Å². The first-order valence-corrected chi connectivity index (χ1v) is 13.1. The molecule has 2 aliphatic rings. The number of carbonyl (C=O) groups excluding carboxylic acids is 2. The Morgan fingerprint density at radius 1 is 1.08 bits per heavy atom. The van der Waals surface area contributed by atoms with Crippen LogP contribution in [0.4, 0.5) is 0 Å². The zero-order valence-electron chi connectivity index (χ0n) is 20.6. The average Bonchev–Trinajstić information content (AvgIpc) is 3.32. The second-order valence-electron chi connectivity index (χ2n) is 9.79. The van der Waals surface area contributed by atoms with Crippen LogP contribution in [0.1, 0.15) is 52.0 Å². The molecule has 0 spiro atoms. The van der Waals surface area contributed by atoms with E-state index in [4.69, 9.17) is 26.2 Å². The Morgan fingerprint density at radius 3 is 2.58 bits per heavy atom. The third-order valence-electron chi connectivity index (χ3n) is 7.32. The van der Waals surface area contributed by atoms with Crippen LogP contribution in [-0.2, 0) is 16.0 Å². The van der Waals surface area contributed by atoms with Crippen molar-refractivity contribution in [3.05, 3.63) is 64.3 Å². The summed E-state index contributed by atoms with van der Waals surface area (Å²) in [5.74, 6) is 0.645. The second kappa shape index (κ2) is 11.1. The van der Waals surface area contributed by atoms with Gasteiger partial charge in [-0.15, -0.1) is 0 Å². The summed E-state index contributed by atoms with van der Waals surface area (Å²) in [5, 5.41) is 6.43. The lowest BCUT2D eigenvalue weighted by Crippen LogP contribution is -2.39. The van der Waals surface area contributed by atoms with Gasteiger partial charge in [0.1, 0.15) is 0 Å².